The van der Waals surface area contributed by atoms with Crippen LogP contribution in [0.3, 0.4) is 0 Å². The maximum atomic E-state index is 9.76. The number of phenols is 1. The van der Waals surface area contributed by atoms with Crippen LogP contribution in [0, 0.1) is 11.3 Å². The van der Waals surface area contributed by atoms with Crippen molar-refractivity contribution >= 4 is 43.5 Å². The first kappa shape index (κ1) is 17.4. The lowest BCUT2D eigenvalue weighted by molar-refractivity contribution is 0.355. The van der Waals surface area contributed by atoms with E-state index in [1.54, 1.807) is 50.6 Å². The monoisotopic (exact) mass is 437 g/mol. The third-order valence-electron chi connectivity index (χ3n) is 3.17. The van der Waals surface area contributed by atoms with Crippen LogP contribution in [0.15, 0.2) is 39.3 Å². The highest BCUT2D eigenvalue weighted by Crippen LogP contribution is 2.35. The summed E-state index contributed by atoms with van der Waals surface area (Å²) in [7, 11) is 3.11. The predicted octanol–water partition coefficient (Wildman–Crippen LogP) is 5.00. The standard InChI is InChI=1S/C17H13Br2NO3/c1-22-15-4-3-11(8-16(15)23-2)12(9-20)5-10-6-13(18)17(21)14(19)7-10/h3-8,21H,1-2H3/b12-5+. The van der Waals surface area contributed by atoms with E-state index in [9.17, 15) is 10.4 Å². The van der Waals surface area contributed by atoms with E-state index in [0.29, 0.717) is 31.6 Å². The number of hydrogen-bond donors (Lipinski definition) is 1. The van der Waals surface area contributed by atoms with E-state index in [-0.39, 0.29) is 5.75 Å². The molecule has 0 aliphatic heterocycles. The summed E-state index contributed by atoms with van der Waals surface area (Å²) in [5.74, 6) is 1.27. The zero-order valence-electron chi connectivity index (χ0n) is 12.4. The summed E-state index contributed by atoms with van der Waals surface area (Å²) in [6.07, 6.45) is 1.73. The minimum Gasteiger partial charge on any atom is -0.506 e. The zero-order chi connectivity index (χ0) is 17.0. The average molecular weight is 439 g/mol. The summed E-state index contributed by atoms with van der Waals surface area (Å²) >= 11 is 6.56. The van der Waals surface area contributed by atoms with Gasteiger partial charge in [-0.25, -0.2) is 0 Å². The smallest absolute Gasteiger partial charge is 0.161 e. The molecule has 23 heavy (non-hydrogen) atoms. The number of methoxy groups -OCH3 is 2. The molecule has 0 fully saturated rings. The van der Waals surface area contributed by atoms with Crippen LogP contribution in [-0.4, -0.2) is 19.3 Å². The highest BCUT2D eigenvalue weighted by molar-refractivity contribution is 9.11. The van der Waals surface area contributed by atoms with Crippen LogP contribution in [0.5, 0.6) is 17.2 Å². The van der Waals surface area contributed by atoms with Gasteiger partial charge in [0.05, 0.1) is 34.8 Å². The fourth-order valence-electron chi connectivity index (χ4n) is 2.02. The number of nitriles is 1. The molecule has 118 valence electrons. The van der Waals surface area contributed by atoms with Crippen molar-refractivity contribution in [2.45, 2.75) is 0 Å². The molecular formula is C17H13Br2NO3. The fourth-order valence-corrected chi connectivity index (χ4v) is 3.24. The molecule has 0 atom stereocenters. The summed E-state index contributed by atoms with van der Waals surface area (Å²) in [6, 6.07) is 10.9. The van der Waals surface area contributed by atoms with E-state index < -0.39 is 0 Å². The maximum absolute atomic E-state index is 9.76. The van der Waals surface area contributed by atoms with Gasteiger partial charge in [-0.2, -0.15) is 5.26 Å². The van der Waals surface area contributed by atoms with Gasteiger partial charge in [0, 0.05) is 0 Å². The van der Waals surface area contributed by atoms with Crippen LogP contribution < -0.4 is 9.47 Å². The molecule has 1 N–H and O–H groups in total. The predicted molar refractivity (Wildman–Crippen MR) is 96.5 cm³/mol. The Balaban J connectivity index is 2.50. The quantitative estimate of drug-likeness (QED) is 0.539. The molecule has 0 aliphatic carbocycles. The molecule has 2 aromatic carbocycles. The molecule has 0 spiro atoms. The van der Waals surface area contributed by atoms with E-state index in [2.05, 4.69) is 37.9 Å². The van der Waals surface area contributed by atoms with Crippen LogP contribution in [0.25, 0.3) is 11.6 Å². The Morgan fingerprint density at radius 2 is 1.70 bits per heavy atom. The Morgan fingerprint density at radius 1 is 1.09 bits per heavy atom. The SMILES string of the molecule is COc1ccc(/C(C#N)=C/c2cc(Br)c(O)c(Br)c2)cc1OC. The first-order valence-electron chi connectivity index (χ1n) is 6.52. The lowest BCUT2D eigenvalue weighted by atomic mass is 10.0. The summed E-state index contributed by atoms with van der Waals surface area (Å²) in [4.78, 5) is 0. The van der Waals surface area contributed by atoms with Gasteiger partial charge in [0.25, 0.3) is 0 Å². The molecule has 4 nitrogen and oxygen atoms in total. The highest BCUT2D eigenvalue weighted by Gasteiger charge is 2.10. The van der Waals surface area contributed by atoms with Crippen LogP contribution in [0.2, 0.25) is 0 Å². The van der Waals surface area contributed by atoms with Gasteiger partial charge in [-0.1, -0.05) is 0 Å². The van der Waals surface area contributed by atoms with Gasteiger partial charge in [-0.15, -0.1) is 0 Å². The van der Waals surface area contributed by atoms with E-state index in [1.165, 1.54) is 0 Å². The summed E-state index contributed by atoms with van der Waals surface area (Å²) in [5, 5.41) is 19.2. The molecule has 0 radical (unpaired) electrons. The van der Waals surface area contributed by atoms with Gasteiger partial charge in [0.15, 0.2) is 11.5 Å². The molecule has 2 rings (SSSR count). The number of ether oxygens (including phenoxy) is 2. The van der Waals surface area contributed by atoms with Gasteiger partial charge >= 0.3 is 0 Å². The Hall–Kier alpha value is -1.97. The number of hydrogen-bond acceptors (Lipinski definition) is 4. The number of halogens is 2. The molecule has 0 aromatic heterocycles. The topological polar surface area (TPSA) is 62.5 Å². The number of rotatable bonds is 4. The molecule has 0 aliphatic rings. The molecule has 0 amide bonds. The average Bonchev–Trinajstić information content (AvgIpc) is 2.56. The Labute approximate surface area is 151 Å². The van der Waals surface area contributed by atoms with Crippen LogP contribution in [-0.2, 0) is 0 Å². The Kier molecular flexibility index (Phi) is 5.69. The van der Waals surface area contributed by atoms with E-state index >= 15 is 0 Å². The molecule has 2 aromatic rings. The summed E-state index contributed by atoms with van der Waals surface area (Å²) < 4.78 is 11.6. The van der Waals surface area contributed by atoms with E-state index in [4.69, 9.17) is 9.47 Å². The van der Waals surface area contributed by atoms with Crippen molar-refractivity contribution in [1.82, 2.24) is 0 Å². The van der Waals surface area contributed by atoms with Crippen LogP contribution in [0.1, 0.15) is 11.1 Å². The maximum Gasteiger partial charge on any atom is 0.161 e. The molecular weight excluding hydrogens is 426 g/mol. The summed E-state index contributed by atoms with van der Waals surface area (Å²) in [5.41, 5.74) is 1.95. The normalized spacial score (nSPS) is 11.0. The van der Waals surface area contributed by atoms with Gasteiger partial charge in [-0.05, 0) is 79.4 Å². The Bertz CT molecular complexity index is 787. The molecule has 0 heterocycles. The lowest BCUT2D eigenvalue weighted by Gasteiger charge is -2.09. The molecule has 0 unspecified atom stereocenters. The van der Waals surface area contributed by atoms with Crippen LogP contribution >= 0.6 is 31.9 Å². The molecule has 0 bridgehead atoms. The van der Waals surface area contributed by atoms with Crippen molar-refractivity contribution in [3.63, 3.8) is 0 Å². The van der Waals surface area contributed by atoms with Crippen molar-refractivity contribution in [3.05, 3.63) is 50.4 Å². The minimum atomic E-state index is 0.117. The van der Waals surface area contributed by atoms with E-state index in [1.807, 2.05) is 0 Å². The van der Waals surface area contributed by atoms with Gasteiger partial charge in [0.1, 0.15) is 5.75 Å². The van der Waals surface area contributed by atoms with Crippen molar-refractivity contribution in [2.75, 3.05) is 14.2 Å². The first-order valence-corrected chi connectivity index (χ1v) is 8.11. The second kappa shape index (κ2) is 7.53. The summed E-state index contributed by atoms with van der Waals surface area (Å²) in [6.45, 7) is 0. The van der Waals surface area contributed by atoms with Crippen LogP contribution in [0.4, 0.5) is 0 Å². The Morgan fingerprint density at radius 3 is 2.22 bits per heavy atom. The lowest BCUT2D eigenvalue weighted by Crippen LogP contribution is -1.92. The number of nitrogens with zero attached hydrogens (tertiary/aromatic N) is 1. The third kappa shape index (κ3) is 3.87. The number of phenolic OH excluding ortho intramolecular Hbond substituents is 1. The second-order valence-corrected chi connectivity index (χ2v) is 6.28. The third-order valence-corrected chi connectivity index (χ3v) is 4.37. The van der Waals surface area contributed by atoms with Gasteiger partial charge < -0.3 is 14.6 Å². The van der Waals surface area contributed by atoms with Gasteiger partial charge in [0.2, 0.25) is 0 Å². The van der Waals surface area contributed by atoms with Crippen molar-refractivity contribution in [2.24, 2.45) is 0 Å². The second-order valence-electron chi connectivity index (χ2n) is 4.57. The van der Waals surface area contributed by atoms with Crippen molar-refractivity contribution in [1.29, 1.82) is 5.26 Å². The number of benzene rings is 2. The van der Waals surface area contributed by atoms with Gasteiger partial charge in [-0.3, -0.25) is 0 Å². The first-order chi connectivity index (χ1) is 11.0. The molecule has 0 saturated carbocycles. The largest absolute Gasteiger partial charge is 0.506 e. The van der Waals surface area contributed by atoms with Crippen molar-refractivity contribution in [3.8, 4) is 23.3 Å². The molecule has 0 saturated heterocycles. The number of allylic oxidation sites excluding steroid dienone is 1. The molecule has 6 heteroatoms. The number of aromatic hydroxyl groups is 1. The van der Waals surface area contributed by atoms with Crippen molar-refractivity contribution < 1.29 is 14.6 Å². The fraction of sp³-hybridized carbons (Fsp3) is 0.118. The van der Waals surface area contributed by atoms with E-state index in [0.717, 1.165) is 5.56 Å². The zero-order valence-corrected chi connectivity index (χ0v) is 15.6. The highest BCUT2D eigenvalue weighted by atomic mass is 79.9. The minimum absolute atomic E-state index is 0.117.